The maximum Gasteiger partial charge on any atom is 0.0899 e. The number of aliphatic hydroxyl groups is 1. The maximum absolute atomic E-state index is 11.1. The summed E-state index contributed by atoms with van der Waals surface area (Å²) in [6, 6.07) is 8.69. The number of benzene rings is 1. The average molecular weight is 288 g/mol. The van der Waals surface area contributed by atoms with Gasteiger partial charge in [0.05, 0.1) is 5.60 Å². The number of hydrogen-bond donors (Lipinski definition) is 1. The highest BCUT2D eigenvalue weighted by atomic mass is 16.3. The van der Waals surface area contributed by atoms with Gasteiger partial charge in [0.15, 0.2) is 0 Å². The van der Waals surface area contributed by atoms with E-state index in [0.29, 0.717) is 5.92 Å². The van der Waals surface area contributed by atoms with Crippen molar-refractivity contribution in [3.8, 4) is 0 Å². The molecule has 1 heteroatoms. The van der Waals surface area contributed by atoms with E-state index in [9.17, 15) is 5.11 Å². The monoisotopic (exact) mass is 288 g/mol. The van der Waals surface area contributed by atoms with Crippen LogP contribution in [0.1, 0.15) is 77.8 Å². The quantitative estimate of drug-likeness (QED) is 0.788. The molecule has 1 N–H and O–H groups in total. The second kappa shape index (κ2) is 6.12. The van der Waals surface area contributed by atoms with Gasteiger partial charge in [-0.3, -0.25) is 0 Å². The largest absolute Gasteiger partial charge is 0.385 e. The summed E-state index contributed by atoms with van der Waals surface area (Å²) < 4.78 is 0. The Labute approximate surface area is 130 Å². The molecule has 0 saturated heterocycles. The van der Waals surface area contributed by atoms with Crippen LogP contribution in [0.2, 0.25) is 0 Å². The van der Waals surface area contributed by atoms with E-state index < -0.39 is 5.60 Å². The van der Waals surface area contributed by atoms with Crippen LogP contribution in [0.4, 0.5) is 0 Å². The first-order valence-corrected chi connectivity index (χ1v) is 8.54. The van der Waals surface area contributed by atoms with Crippen molar-refractivity contribution in [3.05, 3.63) is 35.4 Å². The van der Waals surface area contributed by atoms with E-state index >= 15 is 0 Å². The highest BCUT2D eigenvalue weighted by molar-refractivity contribution is 5.31. The Hall–Kier alpha value is -0.820. The zero-order valence-electron chi connectivity index (χ0n) is 14.4. The summed E-state index contributed by atoms with van der Waals surface area (Å²) in [5.41, 5.74) is 2.02. The summed E-state index contributed by atoms with van der Waals surface area (Å²) in [6.45, 7) is 11.3. The van der Waals surface area contributed by atoms with Crippen LogP contribution in [-0.2, 0) is 11.0 Å². The van der Waals surface area contributed by atoms with Gasteiger partial charge in [-0.25, -0.2) is 0 Å². The molecule has 21 heavy (non-hydrogen) atoms. The molecule has 0 aromatic heterocycles. The molecule has 1 nitrogen and oxygen atoms in total. The lowest BCUT2D eigenvalue weighted by molar-refractivity contribution is -0.0244. The van der Waals surface area contributed by atoms with Crippen molar-refractivity contribution < 1.29 is 5.11 Å². The summed E-state index contributed by atoms with van der Waals surface area (Å²) in [7, 11) is 0. The summed E-state index contributed by atoms with van der Waals surface area (Å²) >= 11 is 0. The van der Waals surface area contributed by atoms with Crippen LogP contribution in [0.15, 0.2) is 24.3 Å². The van der Waals surface area contributed by atoms with Crippen molar-refractivity contribution in [1.29, 1.82) is 0 Å². The number of rotatable bonds is 3. The standard InChI is InChI=1S/C20H32O/c1-15(2)13-16-7-6-12-20(21,14-16)18-10-8-17(9-11-18)19(3,4)5/h8-11,15-16,21H,6-7,12-14H2,1-5H3. The van der Waals surface area contributed by atoms with E-state index in [1.54, 1.807) is 0 Å². The lowest BCUT2D eigenvalue weighted by Gasteiger charge is -2.38. The smallest absolute Gasteiger partial charge is 0.0899 e. The lowest BCUT2D eigenvalue weighted by Crippen LogP contribution is -2.33. The van der Waals surface area contributed by atoms with Gasteiger partial charge in [-0.05, 0) is 54.1 Å². The van der Waals surface area contributed by atoms with Gasteiger partial charge < -0.3 is 5.11 Å². The Morgan fingerprint density at radius 3 is 2.33 bits per heavy atom. The molecule has 2 rings (SSSR count). The topological polar surface area (TPSA) is 20.2 Å². The minimum absolute atomic E-state index is 0.174. The fraction of sp³-hybridized carbons (Fsp3) is 0.700. The van der Waals surface area contributed by atoms with Crippen LogP contribution >= 0.6 is 0 Å². The molecular formula is C20H32O. The minimum Gasteiger partial charge on any atom is -0.385 e. The molecule has 0 heterocycles. The molecule has 1 aliphatic rings. The van der Waals surface area contributed by atoms with Gasteiger partial charge in [-0.1, -0.05) is 65.3 Å². The van der Waals surface area contributed by atoms with Crippen molar-refractivity contribution in [3.63, 3.8) is 0 Å². The molecule has 0 amide bonds. The molecule has 0 radical (unpaired) electrons. The zero-order valence-corrected chi connectivity index (χ0v) is 14.4. The molecule has 2 atom stereocenters. The fourth-order valence-electron chi connectivity index (χ4n) is 3.78. The average Bonchev–Trinajstić information content (AvgIpc) is 2.37. The lowest BCUT2D eigenvalue weighted by atomic mass is 9.72. The highest BCUT2D eigenvalue weighted by Gasteiger charge is 2.36. The Balaban J connectivity index is 2.15. The predicted molar refractivity (Wildman–Crippen MR) is 90.5 cm³/mol. The highest BCUT2D eigenvalue weighted by Crippen LogP contribution is 2.42. The molecular weight excluding hydrogens is 256 g/mol. The first kappa shape index (κ1) is 16.5. The molecule has 0 bridgehead atoms. The van der Waals surface area contributed by atoms with E-state index in [1.807, 2.05) is 0 Å². The van der Waals surface area contributed by atoms with Crippen LogP contribution < -0.4 is 0 Å². The molecule has 1 saturated carbocycles. The van der Waals surface area contributed by atoms with E-state index in [2.05, 4.69) is 58.9 Å². The van der Waals surface area contributed by atoms with E-state index in [0.717, 1.165) is 30.7 Å². The summed E-state index contributed by atoms with van der Waals surface area (Å²) in [4.78, 5) is 0. The van der Waals surface area contributed by atoms with Crippen molar-refractivity contribution in [2.24, 2.45) is 11.8 Å². The Morgan fingerprint density at radius 1 is 1.19 bits per heavy atom. The van der Waals surface area contributed by atoms with Gasteiger partial charge >= 0.3 is 0 Å². The van der Waals surface area contributed by atoms with Crippen LogP contribution in [0.5, 0.6) is 0 Å². The zero-order chi connectivity index (χ0) is 15.7. The SMILES string of the molecule is CC(C)CC1CCCC(O)(c2ccc(C(C)(C)C)cc2)C1. The van der Waals surface area contributed by atoms with Gasteiger partial charge in [0.2, 0.25) is 0 Å². The van der Waals surface area contributed by atoms with E-state index in [1.165, 1.54) is 18.4 Å². The Morgan fingerprint density at radius 2 is 1.81 bits per heavy atom. The van der Waals surface area contributed by atoms with Crippen LogP contribution in [-0.4, -0.2) is 5.11 Å². The minimum atomic E-state index is -0.603. The van der Waals surface area contributed by atoms with Crippen molar-refractivity contribution in [1.82, 2.24) is 0 Å². The van der Waals surface area contributed by atoms with Crippen molar-refractivity contribution in [2.75, 3.05) is 0 Å². The second-order valence-corrected chi connectivity index (χ2v) is 8.45. The van der Waals surface area contributed by atoms with Crippen molar-refractivity contribution >= 4 is 0 Å². The van der Waals surface area contributed by atoms with E-state index in [4.69, 9.17) is 0 Å². The third-order valence-electron chi connectivity index (χ3n) is 4.92. The van der Waals surface area contributed by atoms with Gasteiger partial charge in [0.25, 0.3) is 0 Å². The molecule has 1 aromatic carbocycles. The molecule has 0 aliphatic heterocycles. The van der Waals surface area contributed by atoms with Crippen LogP contribution in [0.3, 0.4) is 0 Å². The first-order valence-electron chi connectivity index (χ1n) is 8.54. The van der Waals surface area contributed by atoms with Gasteiger partial charge in [0, 0.05) is 0 Å². The number of hydrogen-bond acceptors (Lipinski definition) is 1. The van der Waals surface area contributed by atoms with E-state index in [-0.39, 0.29) is 5.41 Å². The maximum atomic E-state index is 11.1. The first-order chi connectivity index (χ1) is 9.71. The fourth-order valence-corrected chi connectivity index (χ4v) is 3.78. The normalized spacial score (nSPS) is 27.1. The summed E-state index contributed by atoms with van der Waals surface area (Å²) in [5, 5.41) is 11.1. The van der Waals surface area contributed by atoms with Crippen molar-refractivity contribution in [2.45, 2.75) is 77.7 Å². The second-order valence-electron chi connectivity index (χ2n) is 8.45. The van der Waals surface area contributed by atoms with Gasteiger partial charge in [0.1, 0.15) is 0 Å². The third kappa shape index (κ3) is 4.10. The molecule has 1 aromatic rings. The van der Waals surface area contributed by atoms with Crippen LogP contribution in [0.25, 0.3) is 0 Å². The summed E-state index contributed by atoms with van der Waals surface area (Å²) in [5.74, 6) is 1.40. The molecule has 118 valence electrons. The Kier molecular flexibility index (Phi) is 4.82. The summed E-state index contributed by atoms with van der Waals surface area (Å²) in [6.07, 6.45) is 5.51. The third-order valence-corrected chi connectivity index (χ3v) is 4.92. The van der Waals surface area contributed by atoms with Crippen LogP contribution in [0, 0.1) is 11.8 Å². The molecule has 0 spiro atoms. The Bertz CT molecular complexity index is 452. The van der Waals surface area contributed by atoms with Gasteiger partial charge in [-0.2, -0.15) is 0 Å². The van der Waals surface area contributed by atoms with Gasteiger partial charge in [-0.15, -0.1) is 0 Å². The molecule has 2 unspecified atom stereocenters. The molecule has 1 aliphatic carbocycles. The predicted octanol–water partition coefficient (Wildman–Crippen LogP) is 5.41. The molecule has 1 fully saturated rings.